The molecule has 0 aromatic carbocycles. The Bertz CT molecular complexity index is 103. The van der Waals surface area contributed by atoms with Crippen LogP contribution < -0.4 is 5.73 Å². The first-order valence-electron chi connectivity index (χ1n) is 2.70. The topological polar surface area (TPSA) is 38.4 Å². The highest BCUT2D eigenvalue weighted by Gasteiger charge is 1.75. The number of hydrogen-bond donors (Lipinski definition) is 1. The van der Waals surface area contributed by atoms with Gasteiger partial charge in [0, 0.05) is 12.3 Å². The van der Waals surface area contributed by atoms with Crippen molar-refractivity contribution in [2.45, 2.75) is 13.8 Å². The van der Waals surface area contributed by atoms with Crippen LogP contribution in [0.25, 0.3) is 0 Å². The number of hydrogen-bond acceptors (Lipinski definition) is 2. The highest BCUT2D eigenvalue weighted by Crippen LogP contribution is 1.77. The van der Waals surface area contributed by atoms with Crippen molar-refractivity contribution in [3.05, 3.63) is 12.3 Å². The van der Waals surface area contributed by atoms with Gasteiger partial charge in [-0.25, -0.2) is 0 Å². The van der Waals surface area contributed by atoms with Gasteiger partial charge < -0.3 is 5.73 Å². The lowest BCUT2D eigenvalue weighted by Crippen LogP contribution is -1.87. The van der Waals surface area contributed by atoms with E-state index < -0.39 is 0 Å². The molecule has 0 unspecified atom stereocenters. The summed E-state index contributed by atoms with van der Waals surface area (Å²) >= 11 is 0. The van der Waals surface area contributed by atoms with Gasteiger partial charge in [0.25, 0.3) is 0 Å². The molecule has 0 spiro atoms. The molecule has 0 saturated heterocycles. The van der Waals surface area contributed by atoms with Gasteiger partial charge in [-0.1, -0.05) is 0 Å². The fourth-order valence-electron chi connectivity index (χ4n) is 0.441. The van der Waals surface area contributed by atoms with E-state index in [4.69, 9.17) is 5.73 Å². The van der Waals surface area contributed by atoms with Crippen LogP contribution in [-0.4, -0.2) is 12.3 Å². The first kappa shape index (κ1) is 7.21. The molecule has 0 amide bonds. The lowest BCUT2D eigenvalue weighted by atomic mass is 10.4. The predicted molar refractivity (Wildman–Crippen MR) is 37.0 cm³/mol. The van der Waals surface area contributed by atoms with E-state index in [1.807, 2.05) is 13.8 Å². The zero-order chi connectivity index (χ0) is 6.41. The lowest BCUT2D eigenvalue weighted by Gasteiger charge is -1.85. The molecule has 0 aliphatic heterocycles. The van der Waals surface area contributed by atoms with Gasteiger partial charge in [0.05, 0.1) is 0 Å². The van der Waals surface area contributed by atoms with Gasteiger partial charge in [-0.15, -0.1) is 0 Å². The van der Waals surface area contributed by atoms with Crippen LogP contribution in [0.4, 0.5) is 0 Å². The van der Waals surface area contributed by atoms with E-state index >= 15 is 0 Å². The third-order valence-corrected chi connectivity index (χ3v) is 0.745. The number of rotatable bonds is 2. The van der Waals surface area contributed by atoms with E-state index in [2.05, 4.69) is 4.99 Å². The molecule has 0 atom stereocenters. The van der Waals surface area contributed by atoms with Crippen LogP contribution >= 0.6 is 0 Å². The van der Waals surface area contributed by atoms with Gasteiger partial charge in [0.1, 0.15) is 0 Å². The Morgan fingerprint density at radius 2 is 2.38 bits per heavy atom. The van der Waals surface area contributed by atoms with Gasteiger partial charge in [-0.3, -0.25) is 4.99 Å². The standard InChI is InChI=1S/C6H12N2/c1-3-8-6(2)4-5-7/h4-5H,3,7H2,1-2H3/b5-4-,8-6+. The SMILES string of the molecule is CC/N=C(C)/C=C\N. The Labute approximate surface area is 50.1 Å². The van der Waals surface area contributed by atoms with Crippen LogP contribution in [0, 0.1) is 0 Å². The molecule has 8 heavy (non-hydrogen) atoms. The summed E-state index contributed by atoms with van der Waals surface area (Å²) in [6.07, 6.45) is 3.28. The third-order valence-electron chi connectivity index (χ3n) is 0.745. The largest absolute Gasteiger partial charge is 0.405 e. The lowest BCUT2D eigenvalue weighted by molar-refractivity contribution is 1.13. The monoisotopic (exact) mass is 112 g/mol. The van der Waals surface area contributed by atoms with E-state index in [1.165, 1.54) is 6.20 Å². The Morgan fingerprint density at radius 3 is 2.75 bits per heavy atom. The summed E-state index contributed by atoms with van der Waals surface area (Å²) in [4.78, 5) is 4.06. The number of allylic oxidation sites excluding steroid dienone is 1. The fourth-order valence-corrected chi connectivity index (χ4v) is 0.441. The van der Waals surface area contributed by atoms with Crippen molar-refractivity contribution >= 4 is 5.71 Å². The summed E-state index contributed by atoms with van der Waals surface area (Å²) in [5.74, 6) is 0. The summed E-state index contributed by atoms with van der Waals surface area (Å²) in [7, 11) is 0. The van der Waals surface area contributed by atoms with Crippen LogP contribution in [0.15, 0.2) is 17.3 Å². The highest BCUT2D eigenvalue weighted by molar-refractivity contribution is 5.92. The average Bonchev–Trinajstić information content (AvgIpc) is 1.68. The molecule has 0 aromatic heterocycles. The molecule has 0 aliphatic carbocycles. The highest BCUT2D eigenvalue weighted by atomic mass is 14.7. The molecule has 0 heterocycles. The smallest absolute Gasteiger partial charge is 0.0364 e. The minimum atomic E-state index is 0.830. The van der Waals surface area contributed by atoms with Crippen molar-refractivity contribution in [2.75, 3.05) is 6.54 Å². The van der Waals surface area contributed by atoms with Crippen molar-refractivity contribution in [3.8, 4) is 0 Å². The Morgan fingerprint density at radius 1 is 1.75 bits per heavy atom. The molecule has 2 nitrogen and oxygen atoms in total. The maximum Gasteiger partial charge on any atom is 0.0364 e. The van der Waals surface area contributed by atoms with Crippen LogP contribution in [0.1, 0.15) is 13.8 Å². The zero-order valence-electron chi connectivity index (χ0n) is 5.39. The van der Waals surface area contributed by atoms with Crippen LogP contribution in [0.3, 0.4) is 0 Å². The van der Waals surface area contributed by atoms with Crippen molar-refractivity contribution < 1.29 is 0 Å². The van der Waals surface area contributed by atoms with Gasteiger partial charge in [0.15, 0.2) is 0 Å². The number of nitrogens with zero attached hydrogens (tertiary/aromatic N) is 1. The summed E-state index contributed by atoms with van der Waals surface area (Å²) in [5, 5.41) is 0. The van der Waals surface area contributed by atoms with Crippen molar-refractivity contribution in [1.82, 2.24) is 0 Å². The van der Waals surface area contributed by atoms with Crippen molar-refractivity contribution in [2.24, 2.45) is 10.7 Å². The Hall–Kier alpha value is -0.790. The van der Waals surface area contributed by atoms with Gasteiger partial charge in [-0.2, -0.15) is 0 Å². The maximum atomic E-state index is 5.10. The molecule has 0 fully saturated rings. The quantitative estimate of drug-likeness (QED) is 0.530. The third kappa shape index (κ3) is 3.40. The minimum Gasteiger partial charge on any atom is -0.405 e. The minimum absolute atomic E-state index is 0.830. The molecule has 2 N–H and O–H groups in total. The summed E-state index contributed by atoms with van der Waals surface area (Å²) in [5.41, 5.74) is 6.08. The molecule has 0 rings (SSSR count). The van der Waals surface area contributed by atoms with Crippen LogP contribution in [0.5, 0.6) is 0 Å². The summed E-state index contributed by atoms with van der Waals surface area (Å²) in [6.45, 7) is 4.75. The molecule has 0 radical (unpaired) electrons. The molecule has 2 heteroatoms. The van der Waals surface area contributed by atoms with Gasteiger partial charge >= 0.3 is 0 Å². The molecular formula is C6H12N2. The van der Waals surface area contributed by atoms with Crippen LogP contribution in [-0.2, 0) is 0 Å². The molecular weight excluding hydrogens is 100 g/mol. The van der Waals surface area contributed by atoms with Crippen molar-refractivity contribution in [3.63, 3.8) is 0 Å². The Balaban J connectivity index is 3.61. The van der Waals surface area contributed by atoms with E-state index in [1.54, 1.807) is 6.08 Å². The van der Waals surface area contributed by atoms with Crippen molar-refractivity contribution in [1.29, 1.82) is 0 Å². The fraction of sp³-hybridized carbons (Fsp3) is 0.500. The first-order valence-corrected chi connectivity index (χ1v) is 2.70. The summed E-state index contributed by atoms with van der Waals surface area (Å²) in [6, 6.07) is 0. The average molecular weight is 112 g/mol. The second kappa shape index (κ2) is 4.37. The molecule has 0 aromatic rings. The van der Waals surface area contributed by atoms with Gasteiger partial charge in [-0.05, 0) is 26.1 Å². The van der Waals surface area contributed by atoms with E-state index in [9.17, 15) is 0 Å². The molecule has 0 saturated carbocycles. The maximum absolute atomic E-state index is 5.10. The first-order chi connectivity index (χ1) is 3.81. The number of aliphatic imine (C=N–C) groups is 1. The molecule has 0 aliphatic rings. The number of nitrogens with two attached hydrogens (primary N) is 1. The normalized spacial score (nSPS) is 13.0. The Kier molecular flexibility index (Phi) is 3.94. The van der Waals surface area contributed by atoms with Crippen LogP contribution in [0.2, 0.25) is 0 Å². The van der Waals surface area contributed by atoms with Gasteiger partial charge in [0.2, 0.25) is 0 Å². The zero-order valence-corrected chi connectivity index (χ0v) is 5.39. The second-order valence-corrected chi connectivity index (χ2v) is 1.47. The predicted octanol–water partition coefficient (Wildman–Crippen LogP) is 0.940. The van der Waals surface area contributed by atoms with E-state index in [-0.39, 0.29) is 0 Å². The molecule has 0 bridgehead atoms. The molecule has 46 valence electrons. The second-order valence-electron chi connectivity index (χ2n) is 1.47. The summed E-state index contributed by atoms with van der Waals surface area (Å²) < 4.78 is 0. The van der Waals surface area contributed by atoms with E-state index in [0.717, 1.165) is 12.3 Å². The van der Waals surface area contributed by atoms with E-state index in [0.29, 0.717) is 0 Å².